The number of hydrogen-bond donors (Lipinski definition) is 3. The molecule has 0 saturated carbocycles. The summed E-state index contributed by atoms with van der Waals surface area (Å²) in [6, 6.07) is 21.4. The van der Waals surface area contributed by atoms with Gasteiger partial charge in [0.25, 0.3) is 0 Å². The largest absolute Gasteiger partial charge is 0.497 e. The van der Waals surface area contributed by atoms with Crippen molar-refractivity contribution in [3.8, 4) is 22.8 Å². The van der Waals surface area contributed by atoms with Crippen molar-refractivity contribution in [3.63, 3.8) is 0 Å². The van der Waals surface area contributed by atoms with Crippen LogP contribution in [0.5, 0.6) is 11.5 Å². The molecular formula is C34H38N6O3. The Balaban J connectivity index is 1.12. The molecule has 1 fully saturated rings. The SMILES string of the molecule is COc1ccc(OC)c(NC(=O)Nc2ccc(C3Cc4cnc(NCCCN5CCCC5)nc4-c4ccccc43)cc2)c1. The molecule has 1 aromatic heterocycles. The molecule has 222 valence electrons. The topological polar surface area (TPSA) is 101 Å². The van der Waals surface area contributed by atoms with Gasteiger partial charge in [0.2, 0.25) is 5.95 Å². The fraction of sp³-hybridized carbons (Fsp3) is 0.324. The zero-order chi connectivity index (χ0) is 29.6. The number of hydrogen-bond acceptors (Lipinski definition) is 7. The summed E-state index contributed by atoms with van der Waals surface area (Å²) in [5.41, 5.74) is 6.92. The van der Waals surface area contributed by atoms with Crippen molar-refractivity contribution in [1.82, 2.24) is 14.9 Å². The van der Waals surface area contributed by atoms with Gasteiger partial charge in [-0.1, -0.05) is 36.4 Å². The number of rotatable bonds is 10. The fourth-order valence-corrected chi connectivity index (χ4v) is 6.02. The van der Waals surface area contributed by atoms with E-state index in [9.17, 15) is 4.79 Å². The maximum atomic E-state index is 12.8. The summed E-state index contributed by atoms with van der Waals surface area (Å²) in [6.45, 7) is 4.44. The van der Waals surface area contributed by atoms with E-state index in [4.69, 9.17) is 14.5 Å². The van der Waals surface area contributed by atoms with E-state index in [1.165, 1.54) is 37.1 Å². The number of benzene rings is 3. The predicted octanol–water partition coefficient (Wildman–Crippen LogP) is 6.39. The summed E-state index contributed by atoms with van der Waals surface area (Å²) in [5, 5.41) is 9.19. The Bertz CT molecular complexity index is 1570. The number of likely N-dealkylation sites (tertiary alicyclic amines) is 1. The van der Waals surface area contributed by atoms with Gasteiger partial charge in [0, 0.05) is 36.0 Å². The van der Waals surface area contributed by atoms with Gasteiger partial charge in [-0.3, -0.25) is 0 Å². The lowest BCUT2D eigenvalue weighted by Crippen LogP contribution is -2.22. The van der Waals surface area contributed by atoms with Crippen molar-refractivity contribution in [2.24, 2.45) is 0 Å². The summed E-state index contributed by atoms with van der Waals surface area (Å²) < 4.78 is 10.6. The number of aromatic nitrogens is 2. The monoisotopic (exact) mass is 578 g/mol. The van der Waals surface area contributed by atoms with Crippen LogP contribution in [0.1, 0.15) is 41.9 Å². The summed E-state index contributed by atoms with van der Waals surface area (Å²) >= 11 is 0. The van der Waals surface area contributed by atoms with Gasteiger partial charge in [0.15, 0.2) is 0 Å². The number of carbonyl (C=O) groups is 1. The minimum absolute atomic E-state index is 0.162. The molecule has 0 radical (unpaired) electrons. The van der Waals surface area contributed by atoms with Gasteiger partial charge in [-0.25, -0.2) is 14.8 Å². The highest BCUT2D eigenvalue weighted by molar-refractivity contribution is 6.00. The molecule has 9 nitrogen and oxygen atoms in total. The first-order chi connectivity index (χ1) is 21.1. The molecule has 6 rings (SSSR count). The Labute approximate surface area is 252 Å². The third-order valence-corrected chi connectivity index (χ3v) is 8.24. The van der Waals surface area contributed by atoms with E-state index < -0.39 is 0 Å². The molecule has 0 spiro atoms. The first-order valence-electron chi connectivity index (χ1n) is 14.9. The molecule has 1 saturated heterocycles. The summed E-state index contributed by atoms with van der Waals surface area (Å²) in [7, 11) is 3.14. The third-order valence-electron chi connectivity index (χ3n) is 8.24. The zero-order valence-electron chi connectivity index (χ0n) is 24.7. The zero-order valence-corrected chi connectivity index (χ0v) is 24.7. The van der Waals surface area contributed by atoms with Gasteiger partial charge < -0.3 is 30.3 Å². The normalized spacial score (nSPS) is 15.7. The van der Waals surface area contributed by atoms with E-state index in [1.54, 1.807) is 32.4 Å². The van der Waals surface area contributed by atoms with E-state index in [-0.39, 0.29) is 11.9 Å². The van der Waals surface area contributed by atoms with Crippen LogP contribution in [0.15, 0.2) is 72.9 Å². The standard InChI is InChI=1S/C34H38N6O3/c1-42-26-14-15-31(43-2)30(21-26)38-34(41)37-25-12-10-23(11-13-25)29-20-24-22-36-33(35-16-7-19-40-17-5-6-18-40)39-32(24)28-9-4-3-8-27(28)29/h3-4,8-15,21-22,29H,5-7,16-20H2,1-2H3,(H,35,36,39)(H2,37,38,41). The molecule has 1 atom stereocenters. The number of fused-ring (bicyclic) bond motifs is 3. The van der Waals surface area contributed by atoms with Gasteiger partial charge in [-0.15, -0.1) is 0 Å². The molecule has 3 N–H and O–H groups in total. The molecule has 1 aliphatic carbocycles. The number of ether oxygens (including phenoxy) is 2. The van der Waals surface area contributed by atoms with Crippen molar-refractivity contribution in [1.29, 1.82) is 0 Å². The number of amides is 2. The number of nitrogens with one attached hydrogen (secondary N) is 3. The minimum atomic E-state index is -0.367. The van der Waals surface area contributed by atoms with E-state index >= 15 is 0 Å². The molecule has 1 unspecified atom stereocenters. The van der Waals surface area contributed by atoms with Crippen molar-refractivity contribution < 1.29 is 14.3 Å². The molecule has 1 aliphatic heterocycles. The van der Waals surface area contributed by atoms with Gasteiger partial charge in [0.1, 0.15) is 11.5 Å². The quantitative estimate of drug-likeness (QED) is 0.188. The number of urea groups is 1. The summed E-state index contributed by atoms with van der Waals surface area (Å²) in [4.78, 5) is 24.9. The highest BCUT2D eigenvalue weighted by Gasteiger charge is 2.27. The Morgan fingerprint density at radius 3 is 2.58 bits per heavy atom. The highest BCUT2D eigenvalue weighted by Crippen LogP contribution is 2.42. The van der Waals surface area contributed by atoms with E-state index in [0.717, 1.165) is 42.8 Å². The van der Waals surface area contributed by atoms with Gasteiger partial charge in [0.05, 0.1) is 25.6 Å². The maximum absolute atomic E-state index is 12.8. The van der Waals surface area contributed by atoms with Crippen LogP contribution in [0, 0.1) is 0 Å². The summed E-state index contributed by atoms with van der Waals surface area (Å²) in [5.74, 6) is 2.02. The average Bonchev–Trinajstić information content (AvgIpc) is 3.57. The van der Waals surface area contributed by atoms with Crippen LogP contribution >= 0.6 is 0 Å². The fourth-order valence-electron chi connectivity index (χ4n) is 6.02. The average molecular weight is 579 g/mol. The Kier molecular flexibility index (Phi) is 8.70. The molecule has 0 bridgehead atoms. The van der Waals surface area contributed by atoms with E-state index in [2.05, 4.69) is 62.2 Å². The van der Waals surface area contributed by atoms with Crippen LogP contribution in [0.3, 0.4) is 0 Å². The number of nitrogens with zero attached hydrogens (tertiary/aromatic N) is 3. The van der Waals surface area contributed by atoms with Crippen molar-refractivity contribution in [3.05, 3.63) is 89.6 Å². The van der Waals surface area contributed by atoms with Crippen molar-refractivity contribution in [2.45, 2.75) is 31.6 Å². The smallest absolute Gasteiger partial charge is 0.323 e. The second-order valence-corrected chi connectivity index (χ2v) is 11.0. The van der Waals surface area contributed by atoms with Crippen LogP contribution in [-0.4, -0.2) is 61.3 Å². The van der Waals surface area contributed by atoms with Gasteiger partial charge >= 0.3 is 6.03 Å². The Hall–Kier alpha value is -4.63. The number of carbonyl (C=O) groups excluding carboxylic acids is 1. The minimum Gasteiger partial charge on any atom is -0.497 e. The molecule has 43 heavy (non-hydrogen) atoms. The Morgan fingerprint density at radius 1 is 0.977 bits per heavy atom. The molecule has 9 heteroatoms. The number of anilines is 3. The van der Waals surface area contributed by atoms with Crippen molar-refractivity contribution >= 4 is 23.4 Å². The lowest BCUT2D eigenvalue weighted by atomic mass is 9.78. The van der Waals surface area contributed by atoms with Crippen molar-refractivity contribution in [2.75, 3.05) is 56.3 Å². The molecule has 3 aromatic carbocycles. The lowest BCUT2D eigenvalue weighted by molar-refractivity contribution is 0.262. The summed E-state index contributed by atoms with van der Waals surface area (Å²) in [6.07, 6.45) is 6.51. The second kappa shape index (κ2) is 13.1. The van der Waals surface area contributed by atoms with E-state index in [1.807, 2.05) is 18.3 Å². The molecule has 2 heterocycles. The first-order valence-corrected chi connectivity index (χ1v) is 14.9. The van der Waals surface area contributed by atoms with Crippen LogP contribution in [0.25, 0.3) is 11.3 Å². The Morgan fingerprint density at radius 2 is 1.79 bits per heavy atom. The molecule has 2 amide bonds. The lowest BCUT2D eigenvalue weighted by Gasteiger charge is -2.27. The van der Waals surface area contributed by atoms with Crippen LogP contribution in [0.4, 0.5) is 22.1 Å². The van der Waals surface area contributed by atoms with Crippen LogP contribution in [0.2, 0.25) is 0 Å². The van der Waals surface area contributed by atoms with Gasteiger partial charge in [-0.05, 0) is 86.3 Å². The first kappa shape index (κ1) is 28.5. The molecular weight excluding hydrogens is 540 g/mol. The predicted molar refractivity (Wildman–Crippen MR) is 170 cm³/mol. The van der Waals surface area contributed by atoms with E-state index in [0.29, 0.717) is 28.8 Å². The molecule has 4 aromatic rings. The van der Waals surface area contributed by atoms with Crippen LogP contribution in [-0.2, 0) is 6.42 Å². The second-order valence-electron chi connectivity index (χ2n) is 11.0. The highest BCUT2D eigenvalue weighted by atomic mass is 16.5. The van der Waals surface area contributed by atoms with Crippen LogP contribution < -0.4 is 25.4 Å². The maximum Gasteiger partial charge on any atom is 0.323 e. The van der Waals surface area contributed by atoms with Gasteiger partial charge in [-0.2, -0.15) is 0 Å². The molecule has 2 aliphatic rings. The third kappa shape index (κ3) is 6.57. The number of methoxy groups -OCH3 is 2.